The molecule has 1 radical (unpaired) electrons. The van der Waals surface area contributed by atoms with E-state index in [1.807, 2.05) is 0 Å². The average molecular weight is 210 g/mol. The van der Waals surface area contributed by atoms with Gasteiger partial charge >= 0.3 is 0 Å². The molecule has 2 fully saturated rings. The van der Waals surface area contributed by atoms with Crippen molar-refractivity contribution >= 4 is 6.29 Å². The fraction of sp³-hybridized carbons (Fsp3) is 0.909. The summed E-state index contributed by atoms with van der Waals surface area (Å²) < 4.78 is 0. The minimum Gasteiger partial charge on any atom is -0.300 e. The topological polar surface area (TPSA) is 46.4 Å². The van der Waals surface area contributed by atoms with Crippen LogP contribution in [-0.4, -0.2) is 49.6 Å². The molecule has 2 unspecified atom stereocenters. The van der Waals surface area contributed by atoms with Crippen LogP contribution in [0.2, 0.25) is 0 Å². The molecule has 1 N–H and O–H groups in total. The Labute approximate surface area is 91.4 Å². The number of carbonyl (C=O) groups is 1. The second-order valence-electron chi connectivity index (χ2n) is 4.46. The molecule has 2 saturated heterocycles. The summed E-state index contributed by atoms with van der Waals surface area (Å²) in [4.78, 5) is 13.3. The number of nitrogens with zero attached hydrogens (tertiary/aromatic N) is 2. The van der Waals surface area contributed by atoms with Crippen LogP contribution >= 0.6 is 0 Å². The van der Waals surface area contributed by atoms with Crippen molar-refractivity contribution in [3.05, 3.63) is 0 Å². The zero-order valence-electron chi connectivity index (χ0n) is 9.19. The Morgan fingerprint density at radius 1 is 1.33 bits per heavy atom. The monoisotopic (exact) mass is 210 g/mol. The van der Waals surface area contributed by atoms with Crippen molar-refractivity contribution in [2.75, 3.05) is 26.2 Å². The molecule has 2 heterocycles. The van der Waals surface area contributed by atoms with E-state index < -0.39 is 0 Å². The SMILES string of the molecule is O=CC(NC1CCC[N]C1)N1CCCC1. The van der Waals surface area contributed by atoms with Crippen LogP contribution in [0.25, 0.3) is 0 Å². The van der Waals surface area contributed by atoms with Crippen LogP contribution in [0.3, 0.4) is 0 Å². The number of rotatable bonds is 4. The fourth-order valence-electron chi connectivity index (χ4n) is 2.42. The van der Waals surface area contributed by atoms with Crippen LogP contribution in [0.4, 0.5) is 0 Å². The van der Waals surface area contributed by atoms with E-state index in [0.717, 1.165) is 45.3 Å². The Hall–Kier alpha value is -0.450. The van der Waals surface area contributed by atoms with Crippen LogP contribution in [0.5, 0.6) is 0 Å². The van der Waals surface area contributed by atoms with Gasteiger partial charge in [0.2, 0.25) is 0 Å². The summed E-state index contributed by atoms with van der Waals surface area (Å²) >= 11 is 0. The molecule has 2 aliphatic heterocycles. The van der Waals surface area contributed by atoms with Crippen LogP contribution in [0.15, 0.2) is 0 Å². The van der Waals surface area contributed by atoms with Crippen molar-refractivity contribution in [1.29, 1.82) is 0 Å². The van der Waals surface area contributed by atoms with E-state index in [9.17, 15) is 4.79 Å². The summed E-state index contributed by atoms with van der Waals surface area (Å²) in [5.74, 6) is 0. The standard InChI is InChI=1S/C11H20N3O/c15-9-11(14-6-1-2-7-14)13-10-4-3-5-12-8-10/h9-11,13H,1-8H2. The molecule has 85 valence electrons. The maximum Gasteiger partial charge on any atom is 0.151 e. The molecule has 0 spiro atoms. The van der Waals surface area contributed by atoms with Crippen molar-refractivity contribution in [3.8, 4) is 0 Å². The van der Waals surface area contributed by atoms with E-state index in [0.29, 0.717) is 6.04 Å². The Balaban J connectivity index is 1.80. The maximum atomic E-state index is 11.0. The lowest BCUT2D eigenvalue weighted by Gasteiger charge is -2.30. The Kier molecular flexibility index (Phi) is 4.11. The molecular formula is C11H20N3O. The highest BCUT2D eigenvalue weighted by atomic mass is 16.1. The van der Waals surface area contributed by atoms with Gasteiger partial charge in [-0.25, -0.2) is 5.32 Å². The van der Waals surface area contributed by atoms with Gasteiger partial charge in [0.1, 0.15) is 6.17 Å². The molecule has 0 amide bonds. The minimum atomic E-state index is -0.0780. The van der Waals surface area contributed by atoms with Gasteiger partial charge in [-0.15, -0.1) is 0 Å². The van der Waals surface area contributed by atoms with Gasteiger partial charge in [-0.2, -0.15) is 0 Å². The molecule has 0 aromatic rings. The molecule has 0 aromatic heterocycles. The summed E-state index contributed by atoms with van der Waals surface area (Å²) in [6.45, 7) is 3.98. The normalized spacial score (nSPS) is 30.3. The quantitative estimate of drug-likeness (QED) is 0.663. The summed E-state index contributed by atoms with van der Waals surface area (Å²) in [7, 11) is 0. The summed E-state index contributed by atoms with van der Waals surface area (Å²) in [5, 5.41) is 7.79. The maximum absolute atomic E-state index is 11.0. The van der Waals surface area contributed by atoms with E-state index in [2.05, 4.69) is 15.5 Å². The fourth-order valence-corrected chi connectivity index (χ4v) is 2.42. The lowest BCUT2D eigenvalue weighted by molar-refractivity contribution is -0.113. The van der Waals surface area contributed by atoms with Crippen LogP contribution in [0, 0.1) is 0 Å². The Morgan fingerprint density at radius 2 is 2.13 bits per heavy atom. The molecule has 2 atom stereocenters. The summed E-state index contributed by atoms with van der Waals surface area (Å²) in [6, 6.07) is 0.412. The van der Waals surface area contributed by atoms with Gasteiger partial charge in [-0.1, -0.05) is 0 Å². The number of carbonyl (C=O) groups excluding carboxylic acids is 1. The lowest BCUT2D eigenvalue weighted by atomic mass is 10.1. The third-order valence-corrected chi connectivity index (χ3v) is 3.29. The minimum absolute atomic E-state index is 0.0780. The molecule has 2 aliphatic rings. The molecular weight excluding hydrogens is 190 g/mol. The first-order chi connectivity index (χ1) is 7.40. The van der Waals surface area contributed by atoms with Crippen molar-refractivity contribution in [1.82, 2.24) is 15.5 Å². The first-order valence-corrected chi connectivity index (χ1v) is 5.99. The number of hydrogen-bond donors (Lipinski definition) is 1. The first kappa shape index (κ1) is 11.0. The van der Waals surface area contributed by atoms with Crippen molar-refractivity contribution in [2.45, 2.75) is 37.9 Å². The Morgan fingerprint density at radius 3 is 2.73 bits per heavy atom. The number of aldehydes is 1. The molecule has 0 aromatic carbocycles. The van der Waals surface area contributed by atoms with Crippen LogP contribution < -0.4 is 10.6 Å². The van der Waals surface area contributed by atoms with E-state index in [-0.39, 0.29) is 6.17 Å². The largest absolute Gasteiger partial charge is 0.300 e. The zero-order valence-corrected chi connectivity index (χ0v) is 9.19. The third-order valence-electron chi connectivity index (χ3n) is 3.29. The van der Waals surface area contributed by atoms with Gasteiger partial charge < -0.3 is 4.79 Å². The Bertz CT molecular complexity index is 198. The van der Waals surface area contributed by atoms with E-state index >= 15 is 0 Å². The van der Waals surface area contributed by atoms with Gasteiger partial charge in [0.25, 0.3) is 0 Å². The predicted octanol–water partition coefficient (Wildman–Crippen LogP) is -0.0364. The van der Waals surface area contributed by atoms with Gasteiger partial charge in [-0.05, 0) is 25.7 Å². The van der Waals surface area contributed by atoms with E-state index in [1.54, 1.807) is 0 Å². The highest BCUT2D eigenvalue weighted by Gasteiger charge is 2.24. The predicted molar refractivity (Wildman–Crippen MR) is 58.7 cm³/mol. The van der Waals surface area contributed by atoms with E-state index in [1.165, 1.54) is 12.8 Å². The molecule has 0 aliphatic carbocycles. The van der Waals surface area contributed by atoms with E-state index in [4.69, 9.17) is 0 Å². The molecule has 2 rings (SSSR count). The second kappa shape index (κ2) is 5.58. The highest BCUT2D eigenvalue weighted by molar-refractivity contribution is 5.57. The van der Waals surface area contributed by atoms with Crippen molar-refractivity contribution in [2.24, 2.45) is 0 Å². The van der Waals surface area contributed by atoms with Gasteiger partial charge in [0.05, 0.1) is 0 Å². The molecule has 0 bridgehead atoms. The third kappa shape index (κ3) is 3.00. The smallest absolute Gasteiger partial charge is 0.151 e. The summed E-state index contributed by atoms with van der Waals surface area (Å²) in [5.41, 5.74) is 0. The molecule has 0 saturated carbocycles. The van der Waals surface area contributed by atoms with Crippen LogP contribution in [-0.2, 0) is 4.79 Å². The van der Waals surface area contributed by atoms with Crippen LogP contribution in [0.1, 0.15) is 25.7 Å². The first-order valence-electron chi connectivity index (χ1n) is 5.99. The zero-order chi connectivity index (χ0) is 10.5. The molecule has 4 heteroatoms. The van der Waals surface area contributed by atoms with Crippen molar-refractivity contribution in [3.63, 3.8) is 0 Å². The van der Waals surface area contributed by atoms with Gasteiger partial charge in [0, 0.05) is 32.2 Å². The second-order valence-corrected chi connectivity index (χ2v) is 4.46. The highest BCUT2D eigenvalue weighted by Crippen LogP contribution is 2.11. The number of piperidine rings is 1. The lowest BCUT2D eigenvalue weighted by Crippen LogP contribution is -2.53. The molecule has 15 heavy (non-hydrogen) atoms. The van der Waals surface area contributed by atoms with Gasteiger partial charge in [0.15, 0.2) is 6.29 Å². The molecule has 4 nitrogen and oxygen atoms in total. The number of nitrogens with one attached hydrogen (secondary N) is 1. The van der Waals surface area contributed by atoms with Crippen molar-refractivity contribution < 1.29 is 4.79 Å². The van der Waals surface area contributed by atoms with Gasteiger partial charge in [-0.3, -0.25) is 10.2 Å². The number of hydrogen-bond acceptors (Lipinski definition) is 3. The summed E-state index contributed by atoms with van der Waals surface area (Å²) in [6.07, 6.45) is 5.72. The number of likely N-dealkylation sites (tertiary alicyclic amines) is 1. The average Bonchev–Trinajstić information content (AvgIpc) is 2.81.